The van der Waals surface area contributed by atoms with Crippen LogP contribution in [0.4, 0.5) is 13.2 Å². The molecular weight excluding hydrogens is 387 g/mol. The molecule has 2 aromatic rings. The minimum absolute atomic E-state index is 0.171. The van der Waals surface area contributed by atoms with Crippen molar-refractivity contribution in [2.45, 2.75) is 39.0 Å². The molecule has 9 heteroatoms. The molecule has 1 atom stereocenters. The largest absolute Gasteiger partial charge is 0.493 e. The van der Waals surface area contributed by atoms with Gasteiger partial charge in [-0.1, -0.05) is 0 Å². The van der Waals surface area contributed by atoms with Gasteiger partial charge in [-0.05, 0) is 37.6 Å². The van der Waals surface area contributed by atoms with Crippen LogP contribution >= 0.6 is 0 Å². The fraction of sp³-hybridized carbons (Fsp3) is 0.500. The zero-order valence-electron chi connectivity index (χ0n) is 16.3. The van der Waals surface area contributed by atoms with E-state index in [0.29, 0.717) is 42.3 Å². The Morgan fingerprint density at radius 3 is 2.83 bits per heavy atom. The molecule has 0 saturated carbocycles. The number of ether oxygens (including phenoxy) is 2. The van der Waals surface area contributed by atoms with E-state index < -0.39 is 18.8 Å². The molecule has 29 heavy (non-hydrogen) atoms. The van der Waals surface area contributed by atoms with E-state index in [1.165, 1.54) is 0 Å². The summed E-state index contributed by atoms with van der Waals surface area (Å²) in [6, 6.07) is 4.88. The van der Waals surface area contributed by atoms with Crippen LogP contribution in [0.5, 0.6) is 5.75 Å². The Morgan fingerprint density at radius 2 is 2.07 bits per heavy atom. The van der Waals surface area contributed by atoms with Crippen LogP contribution in [0.25, 0.3) is 0 Å². The Morgan fingerprint density at radius 1 is 1.28 bits per heavy atom. The molecule has 0 unspecified atom stereocenters. The number of aromatic nitrogens is 2. The number of carbonyl (C=O) groups excluding carboxylic acids is 1. The molecule has 0 aliphatic carbocycles. The lowest BCUT2D eigenvalue weighted by atomic mass is 10.0. The lowest BCUT2D eigenvalue weighted by Crippen LogP contribution is -2.43. The minimum atomic E-state index is -4.37. The van der Waals surface area contributed by atoms with Crippen molar-refractivity contribution in [1.29, 1.82) is 0 Å². The number of hydrogen-bond acceptors (Lipinski definition) is 4. The first-order valence-corrected chi connectivity index (χ1v) is 9.49. The number of morpholine rings is 1. The first-order chi connectivity index (χ1) is 13.7. The first-order valence-electron chi connectivity index (χ1n) is 9.49. The zero-order valence-corrected chi connectivity index (χ0v) is 16.3. The molecule has 2 aliphatic rings. The number of carbonyl (C=O) groups is 1. The highest BCUT2D eigenvalue weighted by Gasteiger charge is 2.36. The second-order valence-electron chi connectivity index (χ2n) is 7.37. The summed E-state index contributed by atoms with van der Waals surface area (Å²) < 4.78 is 50.7. The van der Waals surface area contributed by atoms with Crippen molar-refractivity contribution in [3.63, 3.8) is 0 Å². The summed E-state index contributed by atoms with van der Waals surface area (Å²) in [6.45, 7) is 3.67. The fourth-order valence-corrected chi connectivity index (χ4v) is 4.09. The number of alkyl halides is 3. The van der Waals surface area contributed by atoms with Gasteiger partial charge in [0.1, 0.15) is 12.3 Å². The standard InChI is InChI=1S/C20H22F3N3O3/c1-12-18(13(2)26(24-12)11-20(21,22)23)16-10-28-8-6-25(16)19(27)15-3-4-17-14(9-15)5-7-29-17/h3-4,9,16H,5-8,10-11H2,1-2H3/t16-/m1/s1. The molecule has 1 amide bonds. The van der Waals surface area contributed by atoms with Crippen molar-refractivity contribution >= 4 is 5.91 Å². The molecule has 0 spiro atoms. The summed E-state index contributed by atoms with van der Waals surface area (Å²) in [5.41, 5.74) is 3.02. The SMILES string of the molecule is Cc1nn(CC(F)(F)F)c(C)c1[C@H]1COCCN1C(=O)c1ccc2c(c1)CCO2. The monoisotopic (exact) mass is 409 g/mol. The van der Waals surface area contributed by atoms with Crippen molar-refractivity contribution in [2.75, 3.05) is 26.4 Å². The highest BCUT2D eigenvalue weighted by molar-refractivity contribution is 5.95. The second-order valence-corrected chi connectivity index (χ2v) is 7.37. The maximum Gasteiger partial charge on any atom is 0.408 e. The molecule has 0 radical (unpaired) electrons. The zero-order chi connectivity index (χ0) is 20.8. The Balaban J connectivity index is 1.65. The van der Waals surface area contributed by atoms with Crippen LogP contribution in [-0.4, -0.2) is 53.1 Å². The van der Waals surface area contributed by atoms with Crippen LogP contribution in [0.15, 0.2) is 18.2 Å². The predicted molar refractivity (Wildman–Crippen MR) is 98.0 cm³/mol. The minimum Gasteiger partial charge on any atom is -0.493 e. The summed E-state index contributed by atoms with van der Waals surface area (Å²) in [6.07, 6.45) is -3.61. The van der Waals surface area contributed by atoms with Crippen LogP contribution in [0.2, 0.25) is 0 Å². The van der Waals surface area contributed by atoms with Crippen LogP contribution in [0, 0.1) is 13.8 Å². The van der Waals surface area contributed by atoms with Gasteiger partial charge >= 0.3 is 6.18 Å². The molecular formula is C20H22F3N3O3. The van der Waals surface area contributed by atoms with Crippen LogP contribution in [0.1, 0.15) is 38.9 Å². The van der Waals surface area contributed by atoms with Gasteiger partial charge in [-0.3, -0.25) is 9.48 Å². The Kier molecular flexibility index (Phi) is 5.02. The smallest absolute Gasteiger partial charge is 0.408 e. The number of amides is 1. The summed E-state index contributed by atoms with van der Waals surface area (Å²) >= 11 is 0. The average molecular weight is 409 g/mol. The Hall–Kier alpha value is -2.55. The molecule has 0 N–H and O–H groups in total. The van der Waals surface area contributed by atoms with E-state index in [4.69, 9.17) is 9.47 Å². The summed E-state index contributed by atoms with van der Waals surface area (Å²) in [5, 5.41) is 4.07. The van der Waals surface area contributed by atoms with Gasteiger partial charge in [0.15, 0.2) is 0 Å². The van der Waals surface area contributed by atoms with Gasteiger partial charge in [-0.25, -0.2) is 0 Å². The van der Waals surface area contributed by atoms with Gasteiger partial charge in [0.05, 0.1) is 31.6 Å². The van der Waals surface area contributed by atoms with E-state index in [-0.39, 0.29) is 12.5 Å². The molecule has 3 heterocycles. The van der Waals surface area contributed by atoms with E-state index in [9.17, 15) is 18.0 Å². The van der Waals surface area contributed by atoms with E-state index >= 15 is 0 Å². The number of halogens is 3. The number of benzene rings is 1. The van der Waals surface area contributed by atoms with E-state index in [0.717, 1.165) is 22.4 Å². The van der Waals surface area contributed by atoms with E-state index in [1.807, 2.05) is 6.07 Å². The fourth-order valence-electron chi connectivity index (χ4n) is 4.09. The molecule has 6 nitrogen and oxygen atoms in total. The van der Waals surface area contributed by atoms with Crippen molar-refractivity contribution < 1.29 is 27.4 Å². The Labute approximate surface area is 166 Å². The van der Waals surface area contributed by atoms with Gasteiger partial charge < -0.3 is 14.4 Å². The van der Waals surface area contributed by atoms with E-state index in [2.05, 4.69) is 5.10 Å². The molecule has 156 valence electrons. The van der Waals surface area contributed by atoms with Gasteiger partial charge in [0.2, 0.25) is 0 Å². The van der Waals surface area contributed by atoms with Crippen LogP contribution in [-0.2, 0) is 17.7 Å². The number of hydrogen-bond donors (Lipinski definition) is 0. The van der Waals surface area contributed by atoms with Crippen molar-refractivity contribution in [3.8, 4) is 5.75 Å². The van der Waals surface area contributed by atoms with Crippen LogP contribution in [0.3, 0.4) is 0 Å². The lowest BCUT2D eigenvalue weighted by molar-refractivity contribution is -0.143. The number of fused-ring (bicyclic) bond motifs is 1. The predicted octanol–water partition coefficient (Wildman–Crippen LogP) is 3.21. The quantitative estimate of drug-likeness (QED) is 0.781. The van der Waals surface area contributed by atoms with E-state index in [1.54, 1.807) is 30.9 Å². The third-order valence-electron chi connectivity index (χ3n) is 5.43. The molecule has 1 saturated heterocycles. The number of aryl methyl sites for hydroxylation is 1. The highest BCUT2D eigenvalue weighted by Crippen LogP contribution is 2.33. The van der Waals surface area contributed by atoms with Crippen LogP contribution < -0.4 is 4.74 Å². The molecule has 0 bridgehead atoms. The molecule has 4 rings (SSSR count). The van der Waals surface area contributed by atoms with Gasteiger partial charge in [-0.15, -0.1) is 0 Å². The number of nitrogens with zero attached hydrogens (tertiary/aromatic N) is 3. The first kappa shape index (κ1) is 19.8. The average Bonchev–Trinajstić information content (AvgIpc) is 3.23. The third kappa shape index (κ3) is 3.83. The molecule has 1 aromatic carbocycles. The molecule has 1 fully saturated rings. The lowest BCUT2D eigenvalue weighted by Gasteiger charge is -2.36. The Bertz CT molecular complexity index is 939. The summed E-state index contributed by atoms with van der Waals surface area (Å²) in [5.74, 6) is 0.621. The van der Waals surface area contributed by atoms with Crippen molar-refractivity contribution in [2.24, 2.45) is 0 Å². The summed E-state index contributed by atoms with van der Waals surface area (Å²) in [7, 11) is 0. The topological polar surface area (TPSA) is 56.6 Å². The van der Waals surface area contributed by atoms with Gasteiger partial charge in [0.25, 0.3) is 5.91 Å². The normalized spacial score (nSPS) is 19.2. The third-order valence-corrected chi connectivity index (χ3v) is 5.43. The molecule has 1 aromatic heterocycles. The second kappa shape index (κ2) is 7.37. The highest BCUT2D eigenvalue weighted by atomic mass is 19.4. The maximum atomic E-state index is 13.3. The maximum absolute atomic E-state index is 13.3. The van der Waals surface area contributed by atoms with Gasteiger partial charge in [0, 0.05) is 29.8 Å². The van der Waals surface area contributed by atoms with Crippen molar-refractivity contribution in [1.82, 2.24) is 14.7 Å². The number of rotatable bonds is 3. The van der Waals surface area contributed by atoms with Gasteiger partial charge in [-0.2, -0.15) is 18.3 Å². The summed E-state index contributed by atoms with van der Waals surface area (Å²) in [4.78, 5) is 14.9. The molecule has 2 aliphatic heterocycles. The van der Waals surface area contributed by atoms with Crippen molar-refractivity contribution in [3.05, 3.63) is 46.3 Å².